The summed E-state index contributed by atoms with van der Waals surface area (Å²) in [6.45, 7) is 23.3. The van der Waals surface area contributed by atoms with Crippen molar-refractivity contribution in [1.82, 2.24) is 0 Å². The maximum absolute atomic E-state index is 6.98. The minimum absolute atomic E-state index is 0.0648. The SMILES string of the molecule is CC(C)(C)[Si](C)(C)OC1CCc2ccccc2C1O[Si](C)(C)C(C)(C)C. The molecule has 0 aliphatic heterocycles. The van der Waals surface area contributed by atoms with Gasteiger partial charge in [0.05, 0.1) is 12.2 Å². The molecule has 148 valence electrons. The van der Waals surface area contributed by atoms with E-state index in [-0.39, 0.29) is 22.3 Å². The van der Waals surface area contributed by atoms with Crippen LogP contribution >= 0.6 is 0 Å². The van der Waals surface area contributed by atoms with E-state index in [1.165, 1.54) is 11.1 Å². The molecule has 0 fully saturated rings. The van der Waals surface area contributed by atoms with Crippen LogP contribution < -0.4 is 0 Å². The van der Waals surface area contributed by atoms with E-state index >= 15 is 0 Å². The number of rotatable bonds is 4. The van der Waals surface area contributed by atoms with Gasteiger partial charge >= 0.3 is 0 Å². The summed E-state index contributed by atoms with van der Waals surface area (Å²) in [6, 6.07) is 8.82. The van der Waals surface area contributed by atoms with E-state index in [0.29, 0.717) is 0 Å². The number of hydrogen-bond donors (Lipinski definition) is 0. The van der Waals surface area contributed by atoms with Gasteiger partial charge in [-0.2, -0.15) is 0 Å². The van der Waals surface area contributed by atoms with E-state index < -0.39 is 16.6 Å². The van der Waals surface area contributed by atoms with E-state index in [2.05, 4.69) is 92.0 Å². The zero-order chi connectivity index (χ0) is 20.0. The third-order valence-electron chi connectivity index (χ3n) is 6.88. The highest BCUT2D eigenvalue weighted by Gasteiger charge is 2.46. The second-order valence-corrected chi connectivity index (χ2v) is 20.5. The Hall–Kier alpha value is -0.426. The van der Waals surface area contributed by atoms with Gasteiger partial charge in [-0.15, -0.1) is 0 Å². The van der Waals surface area contributed by atoms with Crippen LogP contribution in [0, 0.1) is 0 Å². The summed E-state index contributed by atoms with van der Waals surface area (Å²) in [5.74, 6) is 0. The van der Waals surface area contributed by atoms with Crippen LogP contribution in [0.15, 0.2) is 24.3 Å². The van der Waals surface area contributed by atoms with Crippen LogP contribution in [-0.2, 0) is 15.3 Å². The summed E-state index contributed by atoms with van der Waals surface area (Å²) in [5, 5.41) is 0.409. The van der Waals surface area contributed by atoms with Crippen molar-refractivity contribution in [2.75, 3.05) is 0 Å². The zero-order valence-electron chi connectivity index (χ0n) is 18.7. The molecule has 0 aromatic heterocycles. The Balaban J connectivity index is 2.39. The highest BCUT2D eigenvalue weighted by Crippen LogP contribution is 2.46. The molecule has 1 aromatic rings. The van der Waals surface area contributed by atoms with Crippen molar-refractivity contribution >= 4 is 16.6 Å². The molecule has 1 aliphatic carbocycles. The van der Waals surface area contributed by atoms with Gasteiger partial charge in [0.1, 0.15) is 0 Å². The molecular weight excluding hydrogens is 352 g/mol. The molecule has 1 aliphatic rings. The van der Waals surface area contributed by atoms with E-state index in [1.54, 1.807) is 0 Å². The molecule has 0 amide bonds. The van der Waals surface area contributed by atoms with E-state index in [9.17, 15) is 0 Å². The van der Waals surface area contributed by atoms with Crippen LogP contribution in [0.2, 0.25) is 36.3 Å². The van der Waals surface area contributed by atoms with Gasteiger partial charge < -0.3 is 8.85 Å². The quantitative estimate of drug-likeness (QED) is 0.509. The van der Waals surface area contributed by atoms with Gasteiger partial charge in [0.25, 0.3) is 0 Å². The third-order valence-corrected chi connectivity index (χ3v) is 15.8. The molecule has 0 heterocycles. The Kier molecular flexibility index (Phi) is 6.05. The summed E-state index contributed by atoms with van der Waals surface area (Å²) in [7, 11) is -3.73. The fourth-order valence-electron chi connectivity index (χ4n) is 3.00. The lowest BCUT2D eigenvalue weighted by atomic mass is 9.88. The molecule has 0 saturated heterocycles. The highest BCUT2D eigenvalue weighted by molar-refractivity contribution is 6.74. The summed E-state index contributed by atoms with van der Waals surface area (Å²) >= 11 is 0. The Labute approximate surface area is 164 Å². The highest BCUT2D eigenvalue weighted by atomic mass is 28.4. The predicted octanol–water partition coefficient (Wildman–Crippen LogP) is 7.09. The van der Waals surface area contributed by atoms with Gasteiger partial charge in [0.15, 0.2) is 16.6 Å². The predicted molar refractivity (Wildman–Crippen MR) is 118 cm³/mol. The van der Waals surface area contributed by atoms with Crippen molar-refractivity contribution in [3.63, 3.8) is 0 Å². The monoisotopic (exact) mass is 392 g/mol. The lowest BCUT2D eigenvalue weighted by Gasteiger charge is -2.47. The van der Waals surface area contributed by atoms with Crippen LogP contribution in [0.3, 0.4) is 0 Å². The minimum Gasteiger partial charge on any atom is -0.411 e. The van der Waals surface area contributed by atoms with E-state index in [0.717, 1.165) is 12.8 Å². The number of hydrogen-bond acceptors (Lipinski definition) is 2. The second-order valence-electron chi connectivity index (χ2n) is 11.0. The molecule has 2 atom stereocenters. The number of aryl methyl sites for hydroxylation is 1. The van der Waals surface area contributed by atoms with E-state index in [1.807, 2.05) is 0 Å². The Morgan fingerprint density at radius 1 is 0.808 bits per heavy atom. The zero-order valence-corrected chi connectivity index (χ0v) is 20.7. The van der Waals surface area contributed by atoms with E-state index in [4.69, 9.17) is 8.85 Å². The first-order chi connectivity index (χ1) is 11.7. The van der Waals surface area contributed by atoms with Crippen LogP contribution in [0.4, 0.5) is 0 Å². The molecule has 0 radical (unpaired) electrons. The Morgan fingerprint density at radius 2 is 1.31 bits per heavy atom. The smallest absolute Gasteiger partial charge is 0.193 e. The summed E-state index contributed by atoms with van der Waals surface area (Å²) in [4.78, 5) is 0. The summed E-state index contributed by atoms with van der Waals surface area (Å²) < 4.78 is 13.9. The fraction of sp³-hybridized carbons (Fsp3) is 0.727. The average molecular weight is 393 g/mol. The molecule has 2 unspecified atom stereocenters. The maximum atomic E-state index is 6.98. The van der Waals surface area contributed by atoms with Crippen molar-refractivity contribution in [2.24, 2.45) is 0 Å². The van der Waals surface area contributed by atoms with Crippen molar-refractivity contribution in [3.05, 3.63) is 35.4 Å². The summed E-state index contributed by atoms with van der Waals surface area (Å²) in [5.41, 5.74) is 2.79. The van der Waals surface area contributed by atoms with Gasteiger partial charge in [-0.1, -0.05) is 65.8 Å². The average Bonchev–Trinajstić information content (AvgIpc) is 2.47. The van der Waals surface area contributed by atoms with Gasteiger partial charge in [-0.25, -0.2) is 0 Å². The van der Waals surface area contributed by atoms with Crippen LogP contribution in [0.5, 0.6) is 0 Å². The molecule has 26 heavy (non-hydrogen) atoms. The maximum Gasteiger partial charge on any atom is 0.193 e. The lowest BCUT2D eigenvalue weighted by Crippen LogP contribution is -2.50. The topological polar surface area (TPSA) is 18.5 Å². The molecular formula is C22H40O2Si2. The van der Waals surface area contributed by atoms with Crippen LogP contribution in [-0.4, -0.2) is 22.7 Å². The molecule has 1 aromatic carbocycles. The van der Waals surface area contributed by atoms with Crippen LogP contribution in [0.25, 0.3) is 0 Å². The van der Waals surface area contributed by atoms with Crippen LogP contribution in [0.1, 0.15) is 65.2 Å². The lowest BCUT2D eigenvalue weighted by molar-refractivity contribution is 0.0223. The third kappa shape index (κ3) is 4.52. The fourth-order valence-corrected chi connectivity index (χ4v) is 5.62. The second kappa shape index (κ2) is 7.19. The Morgan fingerprint density at radius 3 is 1.85 bits per heavy atom. The molecule has 0 spiro atoms. The van der Waals surface area contributed by atoms with Gasteiger partial charge in [0.2, 0.25) is 0 Å². The first-order valence-electron chi connectivity index (χ1n) is 10.1. The molecule has 0 saturated carbocycles. The number of benzene rings is 1. The molecule has 2 nitrogen and oxygen atoms in total. The first-order valence-corrected chi connectivity index (χ1v) is 15.9. The normalized spacial score (nSPS) is 22.2. The van der Waals surface area contributed by atoms with Crippen molar-refractivity contribution in [3.8, 4) is 0 Å². The number of fused-ring (bicyclic) bond motifs is 1. The first kappa shape index (κ1) is 21.9. The molecule has 0 bridgehead atoms. The molecule has 0 N–H and O–H groups in total. The molecule has 2 rings (SSSR count). The Bertz CT molecular complexity index is 624. The van der Waals surface area contributed by atoms with Crippen molar-refractivity contribution in [2.45, 2.75) is 103 Å². The van der Waals surface area contributed by atoms with Gasteiger partial charge in [-0.05, 0) is 60.2 Å². The molecule has 4 heteroatoms. The van der Waals surface area contributed by atoms with Crippen molar-refractivity contribution < 1.29 is 8.85 Å². The summed E-state index contributed by atoms with van der Waals surface area (Å²) in [6.07, 6.45) is 2.38. The minimum atomic E-state index is -1.89. The van der Waals surface area contributed by atoms with Gasteiger partial charge in [-0.3, -0.25) is 0 Å². The van der Waals surface area contributed by atoms with Gasteiger partial charge in [0, 0.05) is 0 Å². The largest absolute Gasteiger partial charge is 0.411 e. The van der Waals surface area contributed by atoms with Crippen molar-refractivity contribution in [1.29, 1.82) is 0 Å². The standard InChI is InChI=1S/C22H40O2Si2/c1-21(2,3)25(7,8)23-19-16-15-17-13-11-12-14-18(17)20(19)24-26(9,10)22(4,5)6/h11-14,19-20H,15-16H2,1-10H3.